The molecule has 44 heavy (non-hydrogen) atoms. The highest BCUT2D eigenvalue weighted by molar-refractivity contribution is 6.34. The molecule has 1 saturated heterocycles. The second-order valence-electron chi connectivity index (χ2n) is 11.0. The van der Waals surface area contributed by atoms with Gasteiger partial charge in [0, 0.05) is 42.8 Å². The molecular formula is C35H34Cl2N6O. The lowest BCUT2D eigenvalue weighted by molar-refractivity contribution is 0.113. The molecule has 1 aromatic heterocycles. The van der Waals surface area contributed by atoms with Crippen LogP contribution in [-0.2, 0) is 0 Å². The molecule has 0 aliphatic carbocycles. The summed E-state index contributed by atoms with van der Waals surface area (Å²) in [6.07, 6.45) is 4.43. The highest BCUT2D eigenvalue weighted by atomic mass is 35.5. The molecule has 0 radical (unpaired) electrons. The minimum absolute atomic E-state index is 0.197. The first-order valence-corrected chi connectivity index (χ1v) is 15.5. The molecule has 5 aromatic rings. The van der Waals surface area contributed by atoms with Crippen LogP contribution < -0.4 is 4.74 Å². The van der Waals surface area contributed by atoms with Gasteiger partial charge in [-0.1, -0.05) is 96.0 Å². The molecular weight excluding hydrogens is 591 g/mol. The van der Waals surface area contributed by atoms with E-state index in [9.17, 15) is 0 Å². The predicted molar refractivity (Wildman–Crippen MR) is 177 cm³/mol. The van der Waals surface area contributed by atoms with Gasteiger partial charge in [0.05, 0.1) is 11.7 Å². The average molecular weight is 626 g/mol. The van der Waals surface area contributed by atoms with E-state index >= 15 is 0 Å². The minimum Gasteiger partial charge on any atom is -0.457 e. The van der Waals surface area contributed by atoms with Crippen molar-refractivity contribution in [3.05, 3.63) is 135 Å². The Hall–Kier alpha value is -4.01. The maximum absolute atomic E-state index is 6.24. The Morgan fingerprint density at radius 2 is 1.50 bits per heavy atom. The molecule has 4 aromatic carbocycles. The summed E-state index contributed by atoms with van der Waals surface area (Å²) >= 11 is 12.5. The molecule has 0 saturated carbocycles. The van der Waals surface area contributed by atoms with E-state index in [0.717, 1.165) is 60.9 Å². The highest BCUT2D eigenvalue weighted by Gasteiger charge is 2.31. The van der Waals surface area contributed by atoms with Gasteiger partial charge in [-0.05, 0) is 76.9 Å². The number of benzene rings is 4. The summed E-state index contributed by atoms with van der Waals surface area (Å²) < 4.78 is 8.12. The second-order valence-corrected chi connectivity index (χ2v) is 11.9. The number of nitrogens with zero attached hydrogens (tertiary/aromatic N) is 6. The van der Waals surface area contributed by atoms with Crippen LogP contribution in [0.15, 0.2) is 97.1 Å². The molecule has 1 atom stereocenters. The van der Waals surface area contributed by atoms with E-state index in [2.05, 4.69) is 106 Å². The van der Waals surface area contributed by atoms with Gasteiger partial charge in [0.1, 0.15) is 11.5 Å². The number of hydrogen-bond donors (Lipinski definition) is 0. The molecule has 0 N–H and O–H groups in total. The topological polar surface area (TPSA) is 59.3 Å². The second kappa shape index (κ2) is 13.7. The van der Waals surface area contributed by atoms with Crippen molar-refractivity contribution in [2.45, 2.75) is 19.9 Å². The van der Waals surface area contributed by atoms with Crippen molar-refractivity contribution in [1.82, 2.24) is 30.0 Å². The summed E-state index contributed by atoms with van der Waals surface area (Å²) in [6, 6.07) is 29.8. The lowest BCUT2D eigenvalue weighted by atomic mass is 10.0. The number of aryl methyl sites for hydroxylation is 2. The first-order valence-electron chi connectivity index (χ1n) is 14.7. The maximum atomic E-state index is 6.24. The Labute approximate surface area is 268 Å². The van der Waals surface area contributed by atoms with E-state index in [0.29, 0.717) is 21.5 Å². The number of halogens is 2. The van der Waals surface area contributed by atoms with Crippen molar-refractivity contribution < 1.29 is 4.74 Å². The highest BCUT2D eigenvalue weighted by Crippen LogP contribution is 2.34. The van der Waals surface area contributed by atoms with Crippen LogP contribution >= 0.6 is 23.2 Å². The van der Waals surface area contributed by atoms with Crippen LogP contribution in [0, 0.1) is 13.8 Å². The summed E-state index contributed by atoms with van der Waals surface area (Å²) in [6.45, 7) is 8.66. The zero-order valence-corrected chi connectivity index (χ0v) is 26.3. The molecule has 7 nitrogen and oxygen atoms in total. The number of rotatable bonds is 9. The van der Waals surface area contributed by atoms with E-state index < -0.39 is 0 Å². The summed E-state index contributed by atoms with van der Waals surface area (Å²) in [7, 11) is 0. The van der Waals surface area contributed by atoms with E-state index in [-0.39, 0.29) is 6.04 Å². The number of para-hydroxylation sites is 1. The van der Waals surface area contributed by atoms with Crippen LogP contribution in [0.5, 0.6) is 11.5 Å². The molecule has 0 amide bonds. The molecule has 1 aliphatic heterocycles. The molecule has 6 rings (SSSR count). The fourth-order valence-electron chi connectivity index (χ4n) is 5.76. The van der Waals surface area contributed by atoms with Gasteiger partial charge in [-0.3, -0.25) is 9.80 Å². The van der Waals surface area contributed by atoms with Crippen molar-refractivity contribution in [2.24, 2.45) is 0 Å². The standard InChI is InChI=1S/C35H34Cl2N6O/c1-25-9-6-10-26(2)33(25)43-35(38-39-40-43)34(28-14-7-15-31(21-28)44-32-23-29(36)22-30(37)24-32)42-19-17-41(18-20-42)16-8-13-27-11-4-3-5-12-27/h3-15,21-24,34H,16-20H2,1-2H3/b13-8+/t34-/m1/s1. The van der Waals surface area contributed by atoms with E-state index in [4.69, 9.17) is 27.9 Å². The van der Waals surface area contributed by atoms with Crippen molar-refractivity contribution in [2.75, 3.05) is 32.7 Å². The van der Waals surface area contributed by atoms with Gasteiger partial charge in [0.2, 0.25) is 0 Å². The van der Waals surface area contributed by atoms with Gasteiger partial charge in [-0.25, -0.2) is 0 Å². The maximum Gasteiger partial charge on any atom is 0.178 e. The smallest absolute Gasteiger partial charge is 0.178 e. The molecule has 2 heterocycles. The molecule has 1 fully saturated rings. The zero-order chi connectivity index (χ0) is 30.5. The lowest BCUT2D eigenvalue weighted by Gasteiger charge is -2.38. The van der Waals surface area contributed by atoms with Crippen LogP contribution in [0.2, 0.25) is 10.0 Å². The molecule has 0 unspecified atom stereocenters. The van der Waals surface area contributed by atoms with Gasteiger partial charge in [0.25, 0.3) is 0 Å². The zero-order valence-electron chi connectivity index (χ0n) is 24.8. The summed E-state index contributed by atoms with van der Waals surface area (Å²) in [5.41, 5.74) is 5.48. The quantitative estimate of drug-likeness (QED) is 0.167. The Balaban J connectivity index is 1.30. The van der Waals surface area contributed by atoms with Crippen molar-refractivity contribution >= 4 is 29.3 Å². The average Bonchev–Trinajstić information content (AvgIpc) is 3.47. The van der Waals surface area contributed by atoms with E-state index in [1.54, 1.807) is 18.2 Å². The Morgan fingerprint density at radius 1 is 0.795 bits per heavy atom. The Kier molecular flexibility index (Phi) is 9.38. The fourth-order valence-corrected chi connectivity index (χ4v) is 6.27. The molecule has 224 valence electrons. The third kappa shape index (κ3) is 7.03. The third-order valence-electron chi connectivity index (χ3n) is 7.88. The van der Waals surface area contributed by atoms with Crippen LogP contribution in [0.25, 0.3) is 11.8 Å². The van der Waals surface area contributed by atoms with Gasteiger partial charge in [0.15, 0.2) is 5.82 Å². The SMILES string of the molecule is Cc1cccc(C)c1-n1nnnc1[C@@H](c1cccc(Oc2cc(Cl)cc(Cl)c2)c1)N1CCN(C/C=C/c2ccccc2)CC1. The number of aromatic nitrogens is 4. The Morgan fingerprint density at radius 3 is 2.23 bits per heavy atom. The fraction of sp³-hybridized carbons (Fsp3) is 0.229. The number of piperazine rings is 1. The molecule has 0 bridgehead atoms. The number of tetrazole rings is 1. The van der Waals surface area contributed by atoms with Crippen LogP contribution in [0.3, 0.4) is 0 Å². The van der Waals surface area contributed by atoms with Crippen LogP contribution in [0.4, 0.5) is 0 Å². The molecule has 9 heteroatoms. The summed E-state index contributed by atoms with van der Waals surface area (Å²) in [5, 5.41) is 14.3. The van der Waals surface area contributed by atoms with Crippen molar-refractivity contribution in [1.29, 1.82) is 0 Å². The van der Waals surface area contributed by atoms with Gasteiger partial charge < -0.3 is 4.74 Å². The van der Waals surface area contributed by atoms with E-state index in [1.807, 2.05) is 22.9 Å². The molecule has 1 aliphatic rings. The minimum atomic E-state index is -0.197. The largest absolute Gasteiger partial charge is 0.457 e. The molecule has 0 spiro atoms. The first-order chi connectivity index (χ1) is 21.4. The van der Waals surface area contributed by atoms with Gasteiger partial charge in [-0.2, -0.15) is 4.68 Å². The first kappa shape index (κ1) is 30.0. The summed E-state index contributed by atoms with van der Waals surface area (Å²) in [5.74, 6) is 2.03. The number of hydrogen-bond acceptors (Lipinski definition) is 6. The normalized spacial score (nSPS) is 15.1. The van der Waals surface area contributed by atoms with Crippen LogP contribution in [0.1, 0.15) is 34.1 Å². The predicted octanol–water partition coefficient (Wildman–Crippen LogP) is 7.80. The van der Waals surface area contributed by atoms with E-state index in [1.165, 1.54) is 5.56 Å². The van der Waals surface area contributed by atoms with Gasteiger partial charge >= 0.3 is 0 Å². The van der Waals surface area contributed by atoms with Crippen LogP contribution in [-0.4, -0.2) is 62.7 Å². The van der Waals surface area contributed by atoms with Crippen molar-refractivity contribution in [3.8, 4) is 17.2 Å². The van der Waals surface area contributed by atoms with Crippen molar-refractivity contribution in [3.63, 3.8) is 0 Å². The monoisotopic (exact) mass is 624 g/mol. The summed E-state index contributed by atoms with van der Waals surface area (Å²) in [4.78, 5) is 4.94. The Bertz CT molecular complexity index is 1710. The third-order valence-corrected chi connectivity index (χ3v) is 8.32. The van der Waals surface area contributed by atoms with Gasteiger partial charge in [-0.15, -0.1) is 5.10 Å². The number of ether oxygens (including phenoxy) is 1. The lowest BCUT2D eigenvalue weighted by Crippen LogP contribution is -2.48.